The Morgan fingerprint density at radius 3 is 2.58 bits per heavy atom. The van der Waals surface area contributed by atoms with E-state index in [1.165, 1.54) is 11.8 Å². The summed E-state index contributed by atoms with van der Waals surface area (Å²) < 4.78 is 1.61. The van der Waals surface area contributed by atoms with Crippen molar-refractivity contribution in [3.05, 3.63) is 38.6 Å². The van der Waals surface area contributed by atoms with Crippen molar-refractivity contribution in [2.45, 2.75) is 12.1 Å². The molecule has 1 aromatic heterocycles. The van der Waals surface area contributed by atoms with E-state index in [9.17, 15) is 0 Å². The lowest BCUT2D eigenvalue weighted by molar-refractivity contribution is 0.745. The highest BCUT2D eigenvalue weighted by atomic mass is 35.5. The molecule has 0 bridgehead atoms. The van der Waals surface area contributed by atoms with Crippen LogP contribution in [-0.2, 0) is 0 Å². The van der Waals surface area contributed by atoms with Crippen molar-refractivity contribution in [3.8, 4) is 0 Å². The number of hydrogen-bond acceptors (Lipinski definition) is 4. The van der Waals surface area contributed by atoms with Gasteiger partial charge in [0.25, 0.3) is 0 Å². The molecule has 0 atom stereocenters. The van der Waals surface area contributed by atoms with Gasteiger partial charge in [0.05, 0.1) is 21.3 Å². The minimum Gasteiger partial charge on any atom is -0.192 e. The summed E-state index contributed by atoms with van der Waals surface area (Å²) in [4.78, 5) is 0. The number of thioether (sulfide) groups is 1. The monoisotopic (exact) mass is 334 g/mol. The molecule has 4 nitrogen and oxygen atoms in total. The molecule has 100 valence electrons. The van der Waals surface area contributed by atoms with Crippen molar-refractivity contribution < 1.29 is 0 Å². The molecule has 0 unspecified atom stereocenters. The van der Waals surface area contributed by atoms with Crippen LogP contribution >= 0.6 is 46.6 Å². The highest BCUT2D eigenvalue weighted by molar-refractivity contribution is 7.98. The smallest absolute Gasteiger partial charge is 0.192 e. The fourth-order valence-electron chi connectivity index (χ4n) is 1.38. The predicted molar refractivity (Wildman–Crippen MR) is 81.0 cm³/mol. The Morgan fingerprint density at radius 2 is 1.89 bits per heavy atom. The van der Waals surface area contributed by atoms with Crippen LogP contribution in [0.1, 0.15) is 11.4 Å². The lowest BCUT2D eigenvalue weighted by Gasteiger charge is -2.04. The fraction of sp³-hybridized carbons (Fsp3) is 0.182. The van der Waals surface area contributed by atoms with E-state index in [0.717, 1.165) is 0 Å². The number of hydrogen-bond donors (Lipinski definition) is 0. The fourth-order valence-corrected chi connectivity index (χ4v) is 2.48. The molecule has 8 heteroatoms. The molecule has 0 aliphatic carbocycles. The highest BCUT2D eigenvalue weighted by Crippen LogP contribution is 2.30. The Hall–Kier alpha value is -0.750. The molecule has 0 radical (unpaired) electrons. The van der Waals surface area contributed by atoms with Gasteiger partial charge >= 0.3 is 0 Å². The Labute approximate surface area is 129 Å². The SMILES string of the molecule is CSc1nnc(C)n1/N=C\c1c(Cl)ccc(Cl)c1Cl. The van der Waals surface area contributed by atoms with E-state index in [1.54, 1.807) is 23.0 Å². The van der Waals surface area contributed by atoms with Crippen LogP contribution in [0.15, 0.2) is 22.4 Å². The molecule has 0 fully saturated rings. The average molecular weight is 336 g/mol. The van der Waals surface area contributed by atoms with Gasteiger partial charge in [0.15, 0.2) is 5.82 Å². The van der Waals surface area contributed by atoms with E-state index in [4.69, 9.17) is 34.8 Å². The van der Waals surface area contributed by atoms with E-state index in [1.807, 2.05) is 13.2 Å². The van der Waals surface area contributed by atoms with Crippen molar-refractivity contribution in [1.29, 1.82) is 0 Å². The van der Waals surface area contributed by atoms with Gasteiger partial charge in [-0.1, -0.05) is 46.6 Å². The minimum absolute atomic E-state index is 0.370. The maximum absolute atomic E-state index is 6.10. The molecule has 1 heterocycles. The lowest BCUT2D eigenvalue weighted by Crippen LogP contribution is -1.96. The molecule has 2 aromatic rings. The minimum atomic E-state index is 0.370. The average Bonchev–Trinajstić information content (AvgIpc) is 2.75. The third-order valence-corrected chi connectivity index (χ3v) is 4.10. The Balaban J connectivity index is 2.43. The number of aromatic nitrogens is 3. The second-order valence-corrected chi connectivity index (χ2v) is 5.51. The first-order valence-corrected chi connectivity index (χ1v) is 7.54. The Bertz CT molecular complexity index is 639. The van der Waals surface area contributed by atoms with Crippen molar-refractivity contribution in [2.24, 2.45) is 5.10 Å². The number of aryl methyl sites for hydroxylation is 1. The molecule has 0 aliphatic rings. The first kappa shape index (κ1) is 14.7. The van der Waals surface area contributed by atoms with Crippen LogP contribution in [0.2, 0.25) is 15.1 Å². The lowest BCUT2D eigenvalue weighted by atomic mass is 10.2. The summed E-state index contributed by atoms with van der Waals surface area (Å²) in [5.41, 5.74) is 0.566. The van der Waals surface area contributed by atoms with Crippen LogP contribution in [0.25, 0.3) is 0 Å². The summed E-state index contributed by atoms with van der Waals surface area (Å²) in [6.07, 6.45) is 3.45. The van der Waals surface area contributed by atoms with Gasteiger partial charge < -0.3 is 0 Å². The molecule has 0 aliphatic heterocycles. The zero-order valence-corrected chi connectivity index (χ0v) is 13.1. The summed E-state index contributed by atoms with van der Waals surface area (Å²) in [5.74, 6) is 0.676. The van der Waals surface area contributed by atoms with Crippen LogP contribution in [0, 0.1) is 6.92 Å². The number of benzene rings is 1. The quantitative estimate of drug-likeness (QED) is 0.481. The van der Waals surface area contributed by atoms with E-state index < -0.39 is 0 Å². The molecule has 1 aromatic carbocycles. The molecule has 19 heavy (non-hydrogen) atoms. The van der Waals surface area contributed by atoms with Crippen molar-refractivity contribution in [2.75, 3.05) is 6.26 Å². The number of halogens is 3. The summed E-state index contributed by atoms with van der Waals surface area (Å²) in [6.45, 7) is 1.81. The molecule has 0 saturated heterocycles. The third kappa shape index (κ3) is 3.05. The van der Waals surface area contributed by atoms with E-state index in [2.05, 4.69) is 15.3 Å². The maximum atomic E-state index is 6.10. The molecule has 0 amide bonds. The van der Waals surface area contributed by atoms with E-state index in [0.29, 0.717) is 31.6 Å². The van der Waals surface area contributed by atoms with Crippen LogP contribution in [-0.4, -0.2) is 27.3 Å². The Morgan fingerprint density at radius 1 is 1.21 bits per heavy atom. The van der Waals surface area contributed by atoms with Gasteiger partial charge in [0.2, 0.25) is 5.16 Å². The molecule has 0 N–H and O–H groups in total. The van der Waals surface area contributed by atoms with Gasteiger partial charge in [-0.2, -0.15) is 9.78 Å². The van der Waals surface area contributed by atoms with Gasteiger partial charge in [-0.15, -0.1) is 10.2 Å². The molecule has 0 spiro atoms. The van der Waals surface area contributed by atoms with Crippen molar-refractivity contribution >= 4 is 52.8 Å². The standard InChI is InChI=1S/C11H9Cl3N4S/c1-6-16-17-11(19-2)18(6)15-5-7-8(12)3-4-9(13)10(7)14/h3-5H,1-2H3/b15-5-. The Kier molecular flexibility index (Phi) is 4.73. The normalized spacial score (nSPS) is 11.4. The van der Waals surface area contributed by atoms with Gasteiger partial charge in [0, 0.05) is 5.56 Å². The molecular weight excluding hydrogens is 327 g/mol. The number of nitrogens with zero attached hydrogens (tertiary/aromatic N) is 4. The predicted octanol–water partition coefficient (Wildman–Crippen LogP) is 4.15. The zero-order chi connectivity index (χ0) is 14.0. The van der Waals surface area contributed by atoms with Crippen LogP contribution in [0.3, 0.4) is 0 Å². The highest BCUT2D eigenvalue weighted by Gasteiger charge is 2.09. The van der Waals surface area contributed by atoms with Crippen LogP contribution in [0.5, 0.6) is 0 Å². The largest absolute Gasteiger partial charge is 0.211 e. The van der Waals surface area contributed by atoms with E-state index in [-0.39, 0.29) is 0 Å². The topological polar surface area (TPSA) is 43.1 Å². The second kappa shape index (κ2) is 6.13. The second-order valence-electron chi connectivity index (χ2n) is 3.55. The van der Waals surface area contributed by atoms with Gasteiger partial charge in [-0.3, -0.25) is 0 Å². The summed E-state index contributed by atoms with van der Waals surface area (Å²) >= 11 is 19.6. The van der Waals surface area contributed by atoms with E-state index >= 15 is 0 Å². The van der Waals surface area contributed by atoms with Crippen molar-refractivity contribution in [1.82, 2.24) is 14.9 Å². The first-order chi connectivity index (χ1) is 9.04. The first-order valence-electron chi connectivity index (χ1n) is 5.18. The van der Waals surface area contributed by atoms with Gasteiger partial charge in [0.1, 0.15) is 0 Å². The maximum Gasteiger partial charge on any atom is 0.211 e. The summed E-state index contributed by atoms with van der Waals surface area (Å²) in [7, 11) is 0. The zero-order valence-electron chi connectivity index (χ0n) is 10.1. The third-order valence-electron chi connectivity index (χ3n) is 2.33. The van der Waals surface area contributed by atoms with Gasteiger partial charge in [-0.25, -0.2) is 0 Å². The van der Waals surface area contributed by atoms with Gasteiger partial charge in [-0.05, 0) is 25.3 Å². The molecule has 0 saturated carbocycles. The summed E-state index contributed by atoms with van der Waals surface area (Å²) in [6, 6.07) is 3.31. The summed E-state index contributed by atoms with van der Waals surface area (Å²) in [5, 5.41) is 14.2. The van der Waals surface area contributed by atoms with Crippen molar-refractivity contribution in [3.63, 3.8) is 0 Å². The molecule has 2 rings (SSSR count). The molecular formula is C11H9Cl3N4S. The van der Waals surface area contributed by atoms with Crippen LogP contribution in [0.4, 0.5) is 0 Å². The van der Waals surface area contributed by atoms with Crippen LogP contribution < -0.4 is 0 Å². The number of rotatable bonds is 3.